The quantitative estimate of drug-likeness (QED) is 0.726. The number of fused-ring (bicyclic) bond motifs is 1. The fourth-order valence-electron chi connectivity index (χ4n) is 2.74. The van der Waals surface area contributed by atoms with E-state index in [4.69, 9.17) is 4.74 Å². The van der Waals surface area contributed by atoms with E-state index in [0.29, 0.717) is 13.2 Å². The minimum Gasteiger partial charge on any atom is -0.494 e. The molecule has 0 fully saturated rings. The SMILES string of the molecule is CCOc1ccc2[nH]c(=O)c(CNC(C)c3ccccc3)cc2c1. The molecule has 1 unspecified atom stereocenters. The third-order valence-electron chi connectivity index (χ3n) is 4.10. The zero-order chi connectivity index (χ0) is 16.9. The smallest absolute Gasteiger partial charge is 0.252 e. The number of H-pyrrole nitrogens is 1. The number of nitrogens with one attached hydrogen (secondary N) is 2. The van der Waals surface area contributed by atoms with Crippen molar-refractivity contribution in [2.24, 2.45) is 0 Å². The lowest BCUT2D eigenvalue weighted by atomic mass is 10.1. The lowest BCUT2D eigenvalue weighted by molar-refractivity contribution is 0.340. The van der Waals surface area contributed by atoms with Gasteiger partial charge in [0.2, 0.25) is 0 Å². The molecule has 0 bridgehead atoms. The van der Waals surface area contributed by atoms with Crippen LogP contribution in [0.15, 0.2) is 59.4 Å². The molecule has 0 radical (unpaired) electrons. The molecule has 1 atom stereocenters. The number of benzene rings is 2. The number of hydrogen-bond donors (Lipinski definition) is 2. The molecule has 0 aliphatic carbocycles. The van der Waals surface area contributed by atoms with Gasteiger partial charge in [-0.15, -0.1) is 0 Å². The van der Waals surface area contributed by atoms with Crippen LogP contribution in [0.5, 0.6) is 5.75 Å². The molecule has 0 aliphatic heterocycles. The van der Waals surface area contributed by atoms with Gasteiger partial charge in [-0.2, -0.15) is 0 Å². The van der Waals surface area contributed by atoms with Gasteiger partial charge in [0.15, 0.2) is 0 Å². The van der Waals surface area contributed by atoms with E-state index in [1.54, 1.807) is 0 Å². The zero-order valence-corrected chi connectivity index (χ0v) is 14.0. The summed E-state index contributed by atoms with van der Waals surface area (Å²) in [6, 6.07) is 18.0. The third kappa shape index (κ3) is 3.66. The molecule has 24 heavy (non-hydrogen) atoms. The van der Waals surface area contributed by atoms with Crippen molar-refractivity contribution in [3.8, 4) is 5.75 Å². The van der Waals surface area contributed by atoms with Crippen molar-refractivity contribution < 1.29 is 4.74 Å². The predicted octanol–water partition coefficient (Wildman–Crippen LogP) is 3.78. The highest BCUT2D eigenvalue weighted by molar-refractivity contribution is 5.80. The van der Waals surface area contributed by atoms with Crippen molar-refractivity contribution in [2.45, 2.75) is 26.4 Å². The topological polar surface area (TPSA) is 54.1 Å². The van der Waals surface area contributed by atoms with Crippen molar-refractivity contribution >= 4 is 10.9 Å². The van der Waals surface area contributed by atoms with Crippen LogP contribution in [0.4, 0.5) is 0 Å². The second-order valence-electron chi connectivity index (χ2n) is 5.82. The summed E-state index contributed by atoms with van der Waals surface area (Å²) in [7, 11) is 0. The summed E-state index contributed by atoms with van der Waals surface area (Å²) in [5, 5.41) is 4.39. The second kappa shape index (κ2) is 7.32. The fourth-order valence-corrected chi connectivity index (χ4v) is 2.74. The van der Waals surface area contributed by atoms with E-state index in [2.05, 4.69) is 29.4 Å². The van der Waals surface area contributed by atoms with Crippen LogP contribution in [-0.2, 0) is 6.54 Å². The monoisotopic (exact) mass is 322 g/mol. The minimum atomic E-state index is -0.0561. The number of pyridine rings is 1. The Labute approximate surface area is 141 Å². The maximum atomic E-state index is 12.3. The highest BCUT2D eigenvalue weighted by Crippen LogP contribution is 2.19. The Bertz CT molecular complexity index is 872. The first-order valence-corrected chi connectivity index (χ1v) is 8.24. The van der Waals surface area contributed by atoms with Gasteiger partial charge in [-0.1, -0.05) is 30.3 Å². The van der Waals surface area contributed by atoms with Gasteiger partial charge in [0, 0.05) is 29.1 Å². The molecule has 124 valence electrons. The van der Waals surface area contributed by atoms with Crippen LogP contribution in [0.2, 0.25) is 0 Å². The highest BCUT2D eigenvalue weighted by atomic mass is 16.5. The van der Waals surface area contributed by atoms with Crippen molar-refractivity contribution in [1.82, 2.24) is 10.3 Å². The van der Waals surface area contributed by atoms with E-state index in [-0.39, 0.29) is 11.6 Å². The highest BCUT2D eigenvalue weighted by Gasteiger charge is 2.08. The Morgan fingerprint density at radius 2 is 1.92 bits per heavy atom. The first kappa shape index (κ1) is 16.3. The largest absolute Gasteiger partial charge is 0.494 e. The molecule has 0 spiro atoms. The zero-order valence-electron chi connectivity index (χ0n) is 14.0. The molecule has 2 aromatic carbocycles. The van der Waals surface area contributed by atoms with Gasteiger partial charge >= 0.3 is 0 Å². The maximum absolute atomic E-state index is 12.3. The number of aromatic amines is 1. The lowest BCUT2D eigenvalue weighted by Gasteiger charge is -2.14. The summed E-state index contributed by atoms with van der Waals surface area (Å²) in [5.41, 5.74) is 2.69. The summed E-state index contributed by atoms with van der Waals surface area (Å²) >= 11 is 0. The van der Waals surface area contributed by atoms with E-state index in [1.807, 2.05) is 49.4 Å². The normalized spacial score (nSPS) is 12.2. The predicted molar refractivity (Wildman–Crippen MR) is 97.4 cm³/mol. The van der Waals surface area contributed by atoms with E-state index in [1.165, 1.54) is 5.56 Å². The first-order chi connectivity index (χ1) is 11.7. The van der Waals surface area contributed by atoms with Gasteiger partial charge < -0.3 is 15.0 Å². The Kier molecular flexibility index (Phi) is 4.96. The lowest BCUT2D eigenvalue weighted by Crippen LogP contribution is -2.23. The van der Waals surface area contributed by atoms with Crippen LogP contribution in [0, 0.1) is 0 Å². The van der Waals surface area contributed by atoms with Gasteiger partial charge in [0.25, 0.3) is 5.56 Å². The van der Waals surface area contributed by atoms with E-state index < -0.39 is 0 Å². The van der Waals surface area contributed by atoms with Crippen LogP contribution in [0.1, 0.15) is 31.0 Å². The number of aromatic nitrogens is 1. The summed E-state index contributed by atoms with van der Waals surface area (Å²) in [6.45, 7) is 5.19. The van der Waals surface area contributed by atoms with Crippen LogP contribution in [0.25, 0.3) is 10.9 Å². The average molecular weight is 322 g/mol. The summed E-state index contributed by atoms with van der Waals surface area (Å²) in [4.78, 5) is 15.2. The molecule has 4 heteroatoms. The fraction of sp³-hybridized carbons (Fsp3) is 0.250. The molecule has 0 saturated heterocycles. The summed E-state index contributed by atoms with van der Waals surface area (Å²) in [5.74, 6) is 0.814. The third-order valence-corrected chi connectivity index (χ3v) is 4.10. The minimum absolute atomic E-state index is 0.0561. The van der Waals surface area contributed by atoms with E-state index in [9.17, 15) is 4.79 Å². The molecule has 0 amide bonds. The van der Waals surface area contributed by atoms with Crippen LogP contribution >= 0.6 is 0 Å². The molecule has 3 aromatic rings. The summed E-state index contributed by atoms with van der Waals surface area (Å²) < 4.78 is 5.53. The molecule has 1 aromatic heterocycles. The molecule has 4 nitrogen and oxygen atoms in total. The van der Waals surface area contributed by atoms with Crippen LogP contribution in [-0.4, -0.2) is 11.6 Å². The standard InChI is InChI=1S/C20H22N2O2/c1-3-24-18-9-10-19-16(12-18)11-17(20(23)22-19)13-21-14(2)15-7-5-4-6-8-15/h4-12,14,21H,3,13H2,1-2H3,(H,22,23). The van der Waals surface area contributed by atoms with Crippen molar-refractivity contribution in [3.05, 3.63) is 76.1 Å². The Morgan fingerprint density at radius 1 is 1.12 bits per heavy atom. The van der Waals surface area contributed by atoms with Crippen LogP contribution in [0.3, 0.4) is 0 Å². The van der Waals surface area contributed by atoms with Crippen molar-refractivity contribution in [2.75, 3.05) is 6.61 Å². The van der Waals surface area contributed by atoms with Gasteiger partial charge in [-0.3, -0.25) is 4.79 Å². The first-order valence-electron chi connectivity index (χ1n) is 8.24. The Hall–Kier alpha value is -2.59. The molecule has 3 rings (SSSR count). The number of rotatable bonds is 6. The molecule has 2 N–H and O–H groups in total. The van der Waals surface area contributed by atoms with Crippen molar-refractivity contribution in [3.63, 3.8) is 0 Å². The van der Waals surface area contributed by atoms with Crippen LogP contribution < -0.4 is 15.6 Å². The molecule has 1 heterocycles. The van der Waals surface area contributed by atoms with Gasteiger partial charge in [-0.05, 0) is 43.7 Å². The number of ether oxygens (including phenoxy) is 1. The average Bonchev–Trinajstić information content (AvgIpc) is 2.61. The molecule has 0 aliphatic rings. The van der Waals surface area contributed by atoms with Gasteiger partial charge in [-0.25, -0.2) is 0 Å². The molecule has 0 saturated carbocycles. The van der Waals surface area contributed by atoms with Gasteiger partial charge in [0.1, 0.15) is 5.75 Å². The molecular weight excluding hydrogens is 300 g/mol. The summed E-state index contributed by atoms with van der Waals surface area (Å²) in [6.07, 6.45) is 0. The molecular formula is C20H22N2O2. The van der Waals surface area contributed by atoms with Gasteiger partial charge in [0.05, 0.1) is 6.61 Å². The maximum Gasteiger partial charge on any atom is 0.252 e. The number of hydrogen-bond acceptors (Lipinski definition) is 3. The Balaban J connectivity index is 1.81. The van der Waals surface area contributed by atoms with E-state index in [0.717, 1.165) is 22.2 Å². The van der Waals surface area contributed by atoms with Crippen molar-refractivity contribution in [1.29, 1.82) is 0 Å². The Morgan fingerprint density at radius 3 is 2.67 bits per heavy atom. The van der Waals surface area contributed by atoms with E-state index >= 15 is 0 Å². The second-order valence-corrected chi connectivity index (χ2v) is 5.82.